The molecule has 0 N–H and O–H groups in total. The molecule has 1 heterocycles. The summed E-state index contributed by atoms with van der Waals surface area (Å²) in [5.41, 5.74) is 1.39. The van der Waals surface area contributed by atoms with Gasteiger partial charge >= 0.3 is 6.09 Å². The zero-order chi connectivity index (χ0) is 17.0. The maximum Gasteiger partial charge on any atom is 0.410 e. The average Bonchev–Trinajstić information content (AvgIpc) is 2.94. The van der Waals surface area contributed by atoms with Crippen molar-refractivity contribution in [1.29, 1.82) is 0 Å². The molecule has 1 aliphatic heterocycles. The van der Waals surface area contributed by atoms with Gasteiger partial charge in [-0.25, -0.2) is 4.79 Å². The highest BCUT2D eigenvalue weighted by Crippen LogP contribution is 2.24. The molecule has 1 aliphatic rings. The number of carbonyl (C=O) groups is 2. The fourth-order valence-electron chi connectivity index (χ4n) is 2.78. The van der Waals surface area contributed by atoms with Crippen LogP contribution in [0.2, 0.25) is 0 Å². The molecule has 0 aromatic heterocycles. The SMILES string of the molecule is CSC(=O)c1ccc(CC2CCCN2C(=O)OC(C)(C)C)cc1. The molecule has 23 heavy (non-hydrogen) atoms. The zero-order valence-electron chi connectivity index (χ0n) is 14.3. The summed E-state index contributed by atoms with van der Waals surface area (Å²) >= 11 is 1.22. The number of hydrogen-bond donors (Lipinski definition) is 0. The number of likely N-dealkylation sites (tertiary alicyclic amines) is 1. The molecule has 1 amide bonds. The van der Waals surface area contributed by atoms with Crippen LogP contribution in [0.3, 0.4) is 0 Å². The molecule has 0 saturated carbocycles. The fourth-order valence-corrected chi connectivity index (χ4v) is 3.15. The molecule has 0 radical (unpaired) electrons. The van der Waals surface area contributed by atoms with Crippen molar-refractivity contribution >= 4 is 23.0 Å². The second-order valence-corrected chi connectivity index (χ2v) is 7.64. The van der Waals surface area contributed by atoms with Crippen LogP contribution in [0.15, 0.2) is 24.3 Å². The summed E-state index contributed by atoms with van der Waals surface area (Å²) in [4.78, 5) is 25.8. The lowest BCUT2D eigenvalue weighted by atomic mass is 10.0. The first-order valence-electron chi connectivity index (χ1n) is 7.97. The molecule has 1 fully saturated rings. The summed E-state index contributed by atoms with van der Waals surface area (Å²) in [5.74, 6) is 0. The predicted octanol–water partition coefficient (Wildman–Crippen LogP) is 4.13. The van der Waals surface area contributed by atoms with Crippen molar-refractivity contribution in [2.75, 3.05) is 12.8 Å². The lowest BCUT2D eigenvalue weighted by molar-refractivity contribution is 0.0226. The molecule has 2 rings (SSSR count). The van der Waals surface area contributed by atoms with E-state index >= 15 is 0 Å². The third-order valence-electron chi connectivity index (χ3n) is 3.85. The number of ether oxygens (including phenoxy) is 1. The fraction of sp³-hybridized carbons (Fsp3) is 0.556. The van der Waals surface area contributed by atoms with Gasteiger partial charge in [-0.2, -0.15) is 0 Å². The Labute approximate surface area is 142 Å². The van der Waals surface area contributed by atoms with Crippen molar-refractivity contribution in [2.24, 2.45) is 0 Å². The smallest absolute Gasteiger partial charge is 0.410 e. The Balaban J connectivity index is 2.01. The number of thioether (sulfide) groups is 1. The molecule has 1 aromatic carbocycles. The van der Waals surface area contributed by atoms with Crippen LogP contribution >= 0.6 is 11.8 Å². The molecule has 1 aromatic rings. The Hall–Kier alpha value is -1.49. The highest BCUT2D eigenvalue weighted by Gasteiger charge is 2.32. The van der Waals surface area contributed by atoms with Gasteiger partial charge in [0.15, 0.2) is 0 Å². The lowest BCUT2D eigenvalue weighted by Crippen LogP contribution is -2.40. The number of amides is 1. The van der Waals surface area contributed by atoms with Crippen molar-refractivity contribution in [2.45, 2.75) is 51.7 Å². The van der Waals surface area contributed by atoms with Crippen molar-refractivity contribution in [3.8, 4) is 0 Å². The van der Waals surface area contributed by atoms with Crippen LogP contribution in [0.25, 0.3) is 0 Å². The zero-order valence-corrected chi connectivity index (χ0v) is 15.1. The van der Waals surface area contributed by atoms with Gasteiger partial charge in [0, 0.05) is 18.2 Å². The highest BCUT2D eigenvalue weighted by atomic mass is 32.2. The van der Waals surface area contributed by atoms with Crippen LogP contribution in [-0.2, 0) is 11.2 Å². The summed E-state index contributed by atoms with van der Waals surface area (Å²) < 4.78 is 5.49. The van der Waals surface area contributed by atoms with Crippen molar-refractivity contribution in [1.82, 2.24) is 4.90 Å². The molecular weight excluding hydrogens is 310 g/mol. The van der Waals surface area contributed by atoms with E-state index in [4.69, 9.17) is 4.74 Å². The minimum atomic E-state index is -0.468. The third kappa shape index (κ3) is 4.99. The molecule has 5 heteroatoms. The minimum Gasteiger partial charge on any atom is -0.444 e. The van der Waals surface area contributed by atoms with E-state index in [1.807, 2.05) is 49.9 Å². The summed E-state index contributed by atoms with van der Waals surface area (Å²) in [7, 11) is 0. The van der Waals surface area contributed by atoms with E-state index in [2.05, 4.69) is 0 Å². The predicted molar refractivity (Wildman–Crippen MR) is 94.0 cm³/mol. The first-order chi connectivity index (χ1) is 10.8. The molecular formula is C18H25NO3S. The van der Waals surface area contributed by atoms with Gasteiger partial charge in [-0.3, -0.25) is 4.79 Å². The highest BCUT2D eigenvalue weighted by molar-refractivity contribution is 8.13. The summed E-state index contributed by atoms with van der Waals surface area (Å²) in [6, 6.07) is 7.86. The largest absolute Gasteiger partial charge is 0.444 e. The maximum absolute atomic E-state index is 12.3. The maximum atomic E-state index is 12.3. The lowest BCUT2D eigenvalue weighted by Gasteiger charge is -2.28. The number of hydrogen-bond acceptors (Lipinski definition) is 4. The van der Waals surface area contributed by atoms with Gasteiger partial charge in [-0.1, -0.05) is 36.0 Å². The van der Waals surface area contributed by atoms with E-state index in [1.165, 1.54) is 11.8 Å². The van der Waals surface area contributed by atoms with Crippen LogP contribution in [0.1, 0.15) is 49.5 Å². The Morgan fingerprint density at radius 2 is 1.91 bits per heavy atom. The van der Waals surface area contributed by atoms with Crippen LogP contribution in [0, 0.1) is 0 Å². The van der Waals surface area contributed by atoms with Crippen LogP contribution in [0.4, 0.5) is 4.79 Å². The van der Waals surface area contributed by atoms with Gasteiger partial charge in [-0.15, -0.1) is 0 Å². The van der Waals surface area contributed by atoms with Crippen molar-refractivity contribution in [3.05, 3.63) is 35.4 Å². The molecule has 0 spiro atoms. The van der Waals surface area contributed by atoms with Gasteiger partial charge in [-0.05, 0) is 51.9 Å². The summed E-state index contributed by atoms with van der Waals surface area (Å²) in [5, 5.41) is 0.0767. The molecule has 0 aliphatic carbocycles. The Bertz CT molecular complexity index is 563. The molecule has 4 nitrogen and oxygen atoms in total. The van der Waals surface area contributed by atoms with E-state index in [1.54, 1.807) is 6.26 Å². The number of rotatable bonds is 3. The van der Waals surface area contributed by atoms with Crippen molar-refractivity contribution in [3.63, 3.8) is 0 Å². The quantitative estimate of drug-likeness (QED) is 0.833. The Morgan fingerprint density at radius 3 is 2.48 bits per heavy atom. The number of nitrogens with zero attached hydrogens (tertiary/aromatic N) is 1. The minimum absolute atomic E-state index is 0.0767. The average molecular weight is 335 g/mol. The van der Waals surface area contributed by atoms with Gasteiger partial charge in [0.2, 0.25) is 5.12 Å². The molecule has 1 unspecified atom stereocenters. The van der Waals surface area contributed by atoms with Gasteiger partial charge < -0.3 is 9.64 Å². The van der Waals surface area contributed by atoms with Gasteiger partial charge in [0.25, 0.3) is 0 Å². The number of carbonyl (C=O) groups excluding carboxylic acids is 2. The van der Waals surface area contributed by atoms with E-state index in [0.717, 1.165) is 36.9 Å². The van der Waals surface area contributed by atoms with E-state index < -0.39 is 5.60 Å². The van der Waals surface area contributed by atoms with E-state index in [-0.39, 0.29) is 17.3 Å². The number of benzene rings is 1. The van der Waals surface area contributed by atoms with Crippen molar-refractivity contribution < 1.29 is 14.3 Å². The summed E-state index contributed by atoms with van der Waals surface area (Å²) in [6.45, 7) is 6.41. The van der Waals surface area contributed by atoms with Crippen LogP contribution in [0.5, 0.6) is 0 Å². The monoisotopic (exact) mass is 335 g/mol. The third-order valence-corrected chi connectivity index (χ3v) is 4.46. The topological polar surface area (TPSA) is 46.6 Å². The molecule has 126 valence electrons. The van der Waals surface area contributed by atoms with Crippen LogP contribution < -0.4 is 0 Å². The second kappa shape index (κ2) is 7.39. The van der Waals surface area contributed by atoms with E-state index in [0.29, 0.717) is 0 Å². The molecule has 0 bridgehead atoms. The van der Waals surface area contributed by atoms with Gasteiger partial charge in [0.05, 0.1) is 0 Å². The first-order valence-corrected chi connectivity index (χ1v) is 9.19. The Kier molecular flexibility index (Phi) is 5.74. The normalized spacial score (nSPS) is 18.1. The van der Waals surface area contributed by atoms with Crippen LogP contribution in [-0.4, -0.2) is 40.6 Å². The molecule has 1 saturated heterocycles. The first kappa shape index (κ1) is 17.9. The van der Waals surface area contributed by atoms with E-state index in [9.17, 15) is 9.59 Å². The standard InChI is InChI=1S/C18H25NO3S/c1-18(2,3)22-17(21)19-11-5-6-15(19)12-13-7-9-14(10-8-13)16(20)23-4/h7-10,15H,5-6,11-12H2,1-4H3. The van der Waals surface area contributed by atoms with Gasteiger partial charge in [0.1, 0.15) is 5.60 Å². The molecule has 1 atom stereocenters. The second-order valence-electron chi connectivity index (χ2n) is 6.86. The Morgan fingerprint density at radius 1 is 1.26 bits per heavy atom. The summed E-state index contributed by atoms with van der Waals surface area (Å²) in [6.07, 6.45) is 4.35.